The van der Waals surface area contributed by atoms with Gasteiger partial charge in [-0.05, 0) is 43.3 Å². The lowest BCUT2D eigenvalue weighted by Gasteiger charge is -2.18. The van der Waals surface area contributed by atoms with Crippen LogP contribution in [0.15, 0.2) is 30.3 Å². The van der Waals surface area contributed by atoms with Gasteiger partial charge in [0.15, 0.2) is 0 Å². The van der Waals surface area contributed by atoms with Gasteiger partial charge >= 0.3 is 0 Å². The van der Waals surface area contributed by atoms with Crippen molar-refractivity contribution in [1.29, 1.82) is 0 Å². The summed E-state index contributed by atoms with van der Waals surface area (Å²) in [4.78, 5) is 0. The van der Waals surface area contributed by atoms with E-state index in [4.69, 9.17) is 9.47 Å². The fourth-order valence-corrected chi connectivity index (χ4v) is 2.15. The van der Waals surface area contributed by atoms with Crippen LogP contribution in [0.3, 0.4) is 0 Å². The maximum Gasteiger partial charge on any atom is 0.233 e. The van der Waals surface area contributed by atoms with Gasteiger partial charge in [-0.15, -0.1) is 10.2 Å². The second-order valence-electron chi connectivity index (χ2n) is 4.44. The van der Waals surface area contributed by atoms with E-state index < -0.39 is 0 Å². The van der Waals surface area contributed by atoms with Gasteiger partial charge in [0, 0.05) is 6.07 Å². The number of aromatic nitrogens is 2. The van der Waals surface area contributed by atoms with E-state index in [9.17, 15) is 0 Å². The highest BCUT2D eigenvalue weighted by molar-refractivity contribution is 5.39. The number of benzene rings is 1. The molecule has 5 heteroatoms. The molecular weight excluding hydrogens is 254 g/mol. The van der Waals surface area contributed by atoms with Crippen LogP contribution in [0.25, 0.3) is 0 Å². The van der Waals surface area contributed by atoms with Gasteiger partial charge in [0.2, 0.25) is 5.88 Å². The predicted molar refractivity (Wildman–Crippen MR) is 77.2 cm³/mol. The summed E-state index contributed by atoms with van der Waals surface area (Å²) in [6, 6.07) is 9.71. The van der Waals surface area contributed by atoms with E-state index >= 15 is 0 Å². The van der Waals surface area contributed by atoms with Crippen molar-refractivity contribution in [2.45, 2.75) is 13.0 Å². The van der Waals surface area contributed by atoms with E-state index in [-0.39, 0.29) is 6.04 Å². The zero-order valence-corrected chi connectivity index (χ0v) is 12.2. The van der Waals surface area contributed by atoms with Crippen LogP contribution >= 0.6 is 0 Å². The summed E-state index contributed by atoms with van der Waals surface area (Å²) < 4.78 is 10.3. The summed E-state index contributed by atoms with van der Waals surface area (Å²) in [5.41, 5.74) is 3.13. The molecule has 1 heterocycles. The van der Waals surface area contributed by atoms with Crippen LogP contribution in [0.4, 0.5) is 0 Å². The lowest BCUT2D eigenvalue weighted by atomic mass is 9.98. The fraction of sp³-hybridized carbons (Fsp3) is 0.333. The van der Waals surface area contributed by atoms with Crippen LogP contribution in [0.1, 0.15) is 22.9 Å². The Hall–Kier alpha value is -2.14. The van der Waals surface area contributed by atoms with Gasteiger partial charge < -0.3 is 14.8 Å². The SMILES string of the molecule is CNC(c1ccc(OC)nn1)c1ccc(OC)cc1C. The van der Waals surface area contributed by atoms with Crippen molar-refractivity contribution >= 4 is 0 Å². The van der Waals surface area contributed by atoms with Gasteiger partial charge in [0.05, 0.1) is 26.0 Å². The molecule has 1 aromatic heterocycles. The molecule has 2 aromatic rings. The molecular formula is C15H19N3O2. The second kappa shape index (κ2) is 6.34. The molecule has 0 radical (unpaired) electrons. The summed E-state index contributed by atoms with van der Waals surface area (Å²) in [6.45, 7) is 2.05. The number of hydrogen-bond acceptors (Lipinski definition) is 5. The third-order valence-electron chi connectivity index (χ3n) is 3.24. The number of rotatable bonds is 5. The van der Waals surface area contributed by atoms with Crippen molar-refractivity contribution in [3.8, 4) is 11.6 Å². The lowest BCUT2D eigenvalue weighted by molar-refractivity contribution is 0.390. The number of methoxy groups -OCH3 is 2. The summed E-state index contributed by atoms with van der Waals surface area (Å²) in [5, 5.41) is 11.5. The third-order valence-corrected chi connectivity index (χ3v) is 3.24. The van der Waals surface area contributed by atoms with E-state index in [1.165, 1.54) is 0 Å². The Morgan fingerprint density at radius 1 is 1.05 bits per heavy atom. The zero-order valence-electron chi connectivity index (χ0n) is 12.2. The van der Waals surface area contributed by atoms with Crippen LogP contribution in [-0.2, 0) is 0 Å². The smallest absolute Gasteiger partial charge is 0.233 e. The third kappa shape index (κ3) is 2.88. The first-order chi connectivity index (χ1) is 9.69. The molecule has 1 atom stereocenters. The number of ether oxygens (including phenoxy) is 2. The van der Waals surface area contributed by atoms with Crippen molar-refractivity contribution < 1.29 is 9.47 Å². The Labute approximate surface area is 118 Å². The normalized spacial score (nSPS) is 12.0. The molecule has 1 aromatic carbocycles. The second-order valence-corrected chi connectivity index (χ2v) is 4.44. The van der Waals surface area contributed by atoms with E-state index in [0.717, 1.165) is 22.6 Å². The van der Waals surface area contributed by atoms with Crippen LogP contribution in [0.5, 0.6) is 11.6 Å². The molecule has 0 saturated heterocycles. The molecule has 0 amide bonds. The van der Waals surface area contributed by atoms with Gasteiger partial charge in [0.1, 0.15) is 5.75 Å². The lowest BCUT2D eigenvalue weighted by Crippen LogP contribution is -2.20. The maximum atomic E-state index is 5.23. The van der Waals surface area contributed by atoms with Gasteiger partial charge in [-0.2, -0.15) is 0 Å². The van der Waals surface area contributed by atoms with Gasteiger partial charge in [0.25, 0.3) is 0 Å². The Bertz CT molecular complexity index is 570. The minimum absolute atomic E-state index is 0.0145. The fourth-order valence-electron chi connectivity index (χ4n) is 2.15. The Kier molecular flexibility index (Phi) is 4.53. The molecule has 2 rings (SSSR count). The molecule has 106 valence electrons. The van der Waals surface area contributed by atoms with Gasteiger partial charge in [-0.3, -0.25) is 0 Å². The first-order valence-corrected chi connectivity index (χ1v) is 6.39. The highest BCUT2D eigenvalue weighted by Gasteiger charge is 2.16. The summed E-state index contributed by atoms with van der Waals surface area (Å²) >= 11 is 0. The summed E-state index contributed by atoms with van der Waals surface area (Å²) in [6.07, 6.45) is 0. The predicted octanol–water partition coefficient (Wildman–Crippen LogP) is 2.11. The average Bonchev–Trinajstić information content (AvgIpc) is 2.50. The van der Waals surface area contributed by atoms with E-state index in [1.54, 1.807) is 14.2 Å². The highest BCUT2D eigenvalue weighted by Crippen LogP contribution is 2.26. The average molecular weight is 273 g/mol. The molecule has 0 fully saturated rings. The molecule has 0 bridgehead atoms. The number of hydrogen-bond donors (Lipinski definition) is 1. The standard InChI is InChI=1S/C15H19N3O2/c1-10-9-11(19-3)5-6-12(10)15(16-2)13-7-8-14(20-4)18-17-13/h5-9,15-16H,1-4H3. The van der Waals surface area contributed by atoms with Crippen LogP contribution in [0.2, 0.25) is 0 Å². The van der Waals surface area contributed by atoms with Crippen molar-refractivity contribution in [2.24, 2.45) is 0 Å². The zero-order chi connectivity index (χ0) is 14.5. The van der Waals surface area contributed by atoms with Gasteiger partial charge in [-0.1, -0.05) is 6.07 Å². The molecule has 0 aliphatic carbocycles. The molecule has 0 aliphatic heterocycles. The largest absolute Gasteiger partial charge is 0.497 e. The molecule has 0 aliphatic rings. The van der Waals surface area contributed by atoms with Crippen LogP contribution in [0, 0.1) is 6.92 Å². The Balaban J connectivity index is 2.35. The Morgan fingerprint density at radius 3 is 2.35 bits per heavy atom. The quantitative estimate of drug-likeness (QED) is 0.904. The maximum absolute atomic E-state index is 5.23. The molecule has 0 spiro atoms. The first kappa shape index (κ1) is 14.3. The van der Waals surface area contributed by atoms with E-state index in [0.29, 0.717) is 5.88 Å². The summed E-state index contributed by atoms with van der Waals surface area (Å²) in [5.74, 6) is 1.36. The highest BCUT2D eigenvalue weighted by atomic mass is 16.5. The van der Waals surface area contributed by atoms with Crippen molar-refractivity contribution in [2.75, 3.05) is 21.3 Å². The first-order valence-electron chi connectivity index (χ1n) is 6.39. The monoisotopic (exact) mass is 273 g/mol. The molecule has 1 N–H and O–H groups in total. The van der Waals surface area contributed by atoms with Gasteiger partial charge in [-0.25, -0.2) is 0 Å². The topological polar surface area (TPSA) is 56.3 Å². The van der Waals surface area contributed by atoms with Crippen LogP contribution < -0.4 is 14.8 Å². The van der Waals surface area contributed by atoms with Crippen molar-refractivity contribution in [3.05, 3.63) is 47.2 Å². The summed E-state index contributed by atoms with van der Waals surface area (Å²) in [7, 11) is 5.14. The van der Waals surface area contributed by atoms with Crippen molar-refractivity contribution in [1.82, 2.24) is 15.5 Å². The Morgan fingerprint density at radius 2 is 1.85 bits per heavy atom. The minimum atomic E-state index is -0.0145. The minimum Gasteiger partial charge on any atom is -0.497 e. The molecule has 5 nitrogen and oxygen atoms in total. The number of nitrogens with zero attached hydrogens (tertiary/aromatic N) is 2. The molecule has 1 unspecified atom stereocenters. The van der Waals surface area contributed by atoms with E-state index in [2.05, 4.69) is 22.4 Å². The number of nitrogens with one attached hydrogen (secondary N) is 1. The number of aryl methyl sites for hydroxylation is 1. The van der Waals surface area contributed by atoms with Crippen molar-refractivity contribution in [3.63, 3.8) is 0 Å². The molecule has 0 saturated carbocycles. The molecule has 20 heavy (non-hydrogen) atoms. The van der Waals surface area contributed by atoms with Crippen LogP contribution in [-0.4, -0.2) is 31.5 Å². The van der Waals surface area contributed by atoms with E-state index in [1.807, 2.05) is 37.4 Å².